The van der Waals surface area contributed by atoms with Gasteiger partial charge in [0, 0.05) is 16.0 Å². The zero-order valence-electron chi connectivity index (χ0n) is 16.6. The fourth-order valence-corrected chi connectivity index (χ4v) is 5.02. The van der Waals surface area contributed by atoms with Gasteiger partial charge in [0.15, 0.2) is 10.3 Å². The highest BCUT2D eigenvalue weighted by Crippen LogP contribution is 2.39. The Balaban J connectivity index is 1.35. The molecule has 3 aromatic rings. The monoisotopic (exact) mass is 443 g/mol. The third kappa shape index (κ3) is 4.65. The van der Waals surface area contributed by atoms with E-state index in [1.165, 1.54) is 22.7 Å². The van der Waals surface area contributed by atoms with Crippen LogP contribution >= 0.6 is 22.7 Å². The second-order valence-corrected chi connectivity index (χ2v) is 8.77. The summed E-state index contributed by atoms with van der Waals surface area (Å²) in [5.74, 6) is -0.0521. The fraction of sp³-hybridized carbons (Fsp3) is 0.350. The first-order valence-electron chi connectivity index (χ1n) is 9.63. The van der Waals surface area contributed by atoms with Crippen LogP contribution in [0.25, 0.3) is 0 Å². The first-order valence-corrected chi connectivity index (χ1v) is 11.3. The summed E-state index contributed by atoms with van der Waals surface area (Å²) in [5.41, 5.74) is 2.32. The SMILES string of the molecule is CCOC(=O)C1CCc2sc(NC(=O)Cc3csc(Nc4cccc(C)n4)n3)nc21. The number of hydrogen-bond acceptors (Lipinski definition) is 9. The molecule has 0 saturated carbocycles. The lowest BCUT2D eigenvalue weighted by Gasteiger charge is -2.07. The molecule has 0 aromatic carbocycles. The van der Waals surface area contributed by atoms with Crippen LogP contribution in [0.3, 0.4) is 0 Å². The Morgan fingerprint density at radius 3 is 2.90 bits per heavy atom. The number of aromatic nitrogens is 3. The molecular formula is C20H21N5O3S2. The van der Waals surface area contributed by atoms with E-state index in [4.69, 9.17) is 4.74 Å². The fourth-order valence-electron chi connectivity index (χ4n) is 3.25. The maximum absolute atomic E-state index is 12.4. The van der Waals surface area contributed by atoms with Crippen LogP contribution in [0, 0.1) is 6.92 Å². The van der Waals surface area contributed by atoms with Gasteiger partial charge in [-0.15, -0.1) is 22.7 Å². The van der Waals surface area contributed by atoms with Gasteiger partial charge in [0.2, 0.25) is 5.91 Å². The number of nitrogens with one attached hydrogen (secondary N) is 2. The van der Waals surface area contributed by atoms with Gasteiger partial charge in [0.25, 0.3) is 0 Å². The second kappa shape index (κ2) is 8.88. The lowest BCUT2D eigenvalue weighted by molar-refractivity contribution is -0.145. The summed E-state index contributed by atoms with van der Waals surface area (Å²) in [7, 11) is 0. The van der Waals surface area contributed by atoms with Crippen molar-refractivity contribution in [3.05, 3.63) is 45.5 Å². The molecule has 156 valence electrons. The van der Waals surface area contributed by atoms with Gasteiger partial charge in [0.1, 0.15) is 11.7 Å². The molecule has 4 rings (SSSR count). The molecule has 0 radical (unpaired) electrons. The zero-order valence-corrected chi connectivity index (χ0v) is 18.2. The second-order valence-electron chi connectivity index (χ2n) is 6.83. The smallest absolute Gasteiger partial charge is 0.315 e. The standard InChI is InChI=1S/C20H21N5O3S2/c1-3-28-18(27)13-7-8-14-17(13)25-20(30-14)24-16(26)9-12-10-29-19(22-12)23-15-6-4-5-11(2)21-15/h4-6,10,13H,3,7-9H2,1-2H3,(H,21,22,23)(H,24,25,26). The van der Waals surface area contributed by atoms with Gasteiger partial charge >= 0.3 is 5.97 Å². The summed E-state index contributed by atoms with van der Waals surface area (Å²) in [6.07, 6.45) is 1.64. The van der Waals surface area contributed by atoms with Gasteiger partial charge in [-0.1, -0.05) is 6.07 Å². The van der Waals surface area contributed by atoms with Crippen LogP contribution in [0.4, 0.5) is 16.1 Å². The van der Waals surface area contributed by atoms with E-state index < -0.39 is 0 Å². The number of amides is 1. The van der Waals surface area contributed by atoms with Crippen molar-refractivity contribution in [1.29, 1.82) is 0 Å². The lowest BCUT2D eigenvalue weighted by Crippen LogP contribution is -2.16. The summed E-state index contributed by atoms with van der Waals surface area (Å²) in [4.78, 5) is 38.9. The number of rotatable bonds is 7. The number of pyridine rings is 1. The molecule has 30 heavy (non-hydrogen) atoms. The van der Waals surface area contributed by atoms with E-state index in [2.05, 4.69) is 25.6 Å². The van der Waals surface area contributed by atoms with Crippen LogP contribution in [-0.2, 0) is 27.2 Å². The highest BCUT2D eigenvalue weighted by molar-refractivity contribution is 7.16. The molecule has 8 nitrogen and oxygen atoms in total. The van der Waals surface area contributed by atoms with E-state index in [9.17, 15) is 9.59 Å². The minimum absolute atomic E-state index is 0.144. The topological polar surface area (TPSA) is 106 Å². The van der Waals surface area contributed by atoms with Crippen molar-refractivity contribution < 1.29 is 14.3 Å². The number of fused-ring (bicyclic) bond motifs is 1. The van der Waals surface area contributed by atoms with E-state index in [1.807, 2.05) is 30.5 Å². The minimum atomic E-state index is -0.329. The molecule has 0 bridgehead atoms. The molecule has 1 aliphatic carbocycles. The Hall–Kier alpha value is -2.85. The molecule has 1 unspecified atom stereocenters. The van der Waals surface area contributed by atoms with Crippen LogP contribution < -0.4 is 10.6 Å². The van der Waals surface area contributed by atoms with Crippen LogP contribution in [0.5, 0.6) is 0 Å². The maximum atomic E-state index is 12.4. The van der Waals surface area contributed by atoms with Crippen molar-refractivity contribution >= 4 is 50.6 Å². The largest absolute Gasteiger partial charge is 0.465 e. The zero-order chi connectivity index (χ0) is 21.1. The number of esters is 1. The molecular weight excluding hydrogens is 422 g/mol. The lowest BCUT2D eigenvalue weighted by atomic mass is 10.1. The number of carbonyl (C=O) groups is 2. The number of aryl methyl sites for hydroxylation is 2. The summed E-state index contributed by atoms with van der Waals surface area (Å²) < 4.78 is 5.12. The molecule has 2 N–H and O–H groups in total. The predicted molar refractivity (Wildman–Crippen MR) is 117 cm³/mol. The number of anilines is 3. The van der Waals surface area contributed by atoms with E-state index in [1.54, 1.807) is 6.92 Å². The molecule has 1 aliphatic rings. The van der Waals surface area contributed by atoms with Crippen LogP contribution in [0.2, 0.25) is 0 Å². The number of carbonyl (C=O) groups excluding carboxylic acids is 2. The average Bonchev–Trinajstić information content (AvgIpc) is 3.38. The first-order chi connectivity index (χ1) is 14.5. The third-order valence-corrected chi connectivity index (χ3v) is 6.40. The highest BCUT2D eigenvalue weighted by Gasteiger charge is 2.33. The third-order valence-electron chi connectivity index (χ3n) is 4.55. The highest BCUT2D eigenvalue weighted by atomic mass is 32.1. The van der Waals surface area contributed by atoms with Gasteiger partial charge in [-0.3, -0.25) is 9.59 Å². The molecule has 3 aromatic heterocycles. The normalized spacial score (nSPS) is 14.9. The molecule has 3 heterocycles. The van der Waals surface area contributed by atoms with Crippen molar-refractivity contribution in [3.8, 4) is 0 Å². The van der Waals surface area contributed by atoms with Gasteiger partial charge in [0.05, 0.1) is 24.4 Å². The summed E-state index contributed by atoms with van der Waals surface area (Å²) in [5, 5.41) is 9.01. The Labute approximate surface area is 181 Å². The minimum Gasteiger partial charge on any atom is -0.465 e. The molecule has 10 heteroatoms. The van der Waals surface area contributed by atoms with Crippen LogP contribution in [0.15, 0.2) is 23.6 Å². The number of hydrogen-bond donors (Lipinski definition) is 2. The van der Waals surface area contributed by atoms with E-state index in [0.29, 0.717) is 34.8 Å². The Bertz CT molecular complexity index is 1080. The van der Waals surface area contributed by atoms with E-state index in [-0.39, 0.29) is 24.2 Å². The van der Waals surface area contributed by atoms with Crippen molar-refractivity contribution in [2.45, 2.75) is 39.0 Å². The van der Waals surface area contributed by atoms with E-state index >= 15 is 0 Å². The molecule has 1 amide bonds. The van der Waals surface area contributed by atoms with Crippen molar-refractivity contribution in [1.82, 2.24) is 15.0 Å². The summed E-state index contributed by atoms with van der Waals surface area (Å²) >= 11 is 2.84. The van der Waals surface area contributed by atoms with E-state index in [0.717, 1.165) is 22.7 Å². The molecule has 0 saturated heterocycles. The van der Waals surface area contributed by atoms with Gasteiger partial charge < -0.3 is 15.4 Å². The van der Waals surface area contributed by atoms with Gasteiger partial charge in [-0.05, 0) is 38.8 Å². The predicted octanol–water partition coefficient (Wildman–Crippen LogP) is 3.82. The number of thiazole rings is 2. The number of ether oxygens (including phenoxy) is 1. The number of nitrogens with zero attached hydrogens (tertiary/aromatic N) is 3. The quantitative estimate of drug-likeness (QED) is 0.535. The Morgan fingerprint density at radius 1 is 1.23 bits per heavy atom. The van der Waals surface area contributed by atoms with Gasteiger partial charge in [-0.2, -0.15) is 0 Å². The molecule has 1 atom stereocenters. The first kappa shape index (κ1) is 20.4. The van der Waals surface area contributed by atoms with Crippen molar-refractivity contribution in [2.75, 3.05) is 17.2 Å². The van der Waals surface area contributed by atoms with Crippen LogP contribution in [-0.4, -0.2) is 33.4 Å². The summed E-state index contributed by atoms with van der Waals surface area (Å²) in [6, 6.07) is 5.71. The van der Waals surface area contributed by atoms with Crippen molar-refractivity contribution in [2.24, 2.45) is 0 Å². The van der Waals surface area contributed by atoms with Gasteiger partial charge in [-0.25, -0.2) is 15.0 Å². The Morgan fingerprint density at radius 2 is 2.10 bits per heavy atom. The maximum Gasteiger partial charge on any atom is 0.315 e. The van der Waals surface area contributed by atoms with Crippen LogP contribution in [0.1, 0.15) is 41.2 Å². The summed E-state index contributed by atoms with van der Waals surface area (Å²) in [6.45, 7) is 4.06. The average molecular weight is 444 g/mol. The molecule has 0 spiro atoms. The molecule has 0 fully saturated rings. The molecule has 0 aliphatic heterocycles. The van der Waals surface area contributed by atoms with Crippen molar-refractivity contribution in [3.63, 3.8) is 0 Å². The Kier molecular flexibility index (Phi) is 6.05.